The van der Waals surface area contributed by atoms with E-state index in [9.17, 15) is 22.8 Å². The molecule has 2 heterocycles. The van der Waals surface area contributed by atoms with Crippen LogP contribution in [-0.2, 0) is 14.4 Å². The fraction of sp³-hybridized carbons (Fsp3) is 0.571. The van der Waals surface area contributed by atoms with E-state index in [1.807, 2.05) is 32.0 Å². The van der Waals surface area contributed by atoms with Crippen molar-refractivity contribution in [3.05, 3.63) is 30.3 Å². The summed E-state index contributed by atoms with van der Waals surface area (Å²) in [5, 5.41) is 13.2. The lowest BCUT2D eigenvalue weighted by molar-refractivity contribution is -0.192. The second-order valence-corrected chi connectivity index (χ2v) is 7.88. The monoisotopic (exact) mass is 458 g/mol. The lowest BCUT2D eigenvalue weighted by Gasteiger charge is -2.43. The third kappa shape index (κ3) is 6.35. The van der Waals surface area contributed by atoms with Crippen molar-refractivity contribution in [2.24, 2.45) is 0 Å². The smallest absolute Gasteiger partial charge is 0.475 e. The maximum Gasteiger partial charge on any atom is 0.490 e. The zero-order valence-corrected chi connectivity index (χ0v) is 18.1. The minimum absolute atomic E-state index is 0.0893. The van der Waals surface area contributed by atoms with Crippen LogP contribution in [0.25, 0.3) is 0 Å². The fourth-order valence-electron chi connectivity index (χ4n) is 3.95. The summed E-state index contributed by atoms with van der Waals surface area (Å²) in [6, 6.07) is 10.3. The number of halogens is 3. The standard InChI is InChI=1S/C19H28N4O2.C2HF3O2/c1-3-17(24)21-15(2)13-22-11-9-19(10-12-22)18(25)20-14-23(19)16-7-5-4-6-8-16;3-2(4,5)1(6)7/h4-8,15H,3,9-14H2,1-2H3,(H,20,25)(H,21,24);(H,6,7)/t15-;/m0./s1. The Morgan fingerprint density at radius 1 is 1.22 bits per heavy atom. The van der Waals surface area contributed by atoms with Gasteiger partial charge in [-0.1, -0.05) is 25.1 Å². The van der Waals surface area contributed by atoms with E-state index >= 15 is 0 Å². The molecule has 1 spiro atoms. The minimum atomic E-state index is -5.08. The van der Waals surface area contributed by atoms with E-state index in [2.05, 4.69) is 32.6 Å². The van der Waals surface area contributed by atoms with Gasteiger partial charge in [0.25, 0.3) is 0 Å². The number of piperidine rings is 1. The van der Waals surface area contributed by atoms with Gasteiger partial charge in [0, 0.05) is 37.8 Å². The van der Waals surface area contributed by atoms with Gasteiger partial charge in [0.15, 0.2) is 0 Å². The molecule has 8 nitrogen and oxygen atoms in total. The first kappa shape index (κ1) is 25.4. The van der Waals surface area contributed by atoms with Crippen molar-refractivity contribution in [3.8, 4) is 0 Å². The third-order valence-corrected chi connectivity index (χ3v) is 5.59. The average molecular weight is 458 g/mol. The van der Waals surface area contributed by atoms with Gasteiger partial charge in [0.05, 0.1) is 6.67 Å². The number of para-hydroxylation sites is 1. The number of carboxylic acids is 1. The van der Waals surface area contributed by atoms with Crippen molar-refractivity contribution < 1.29 is 32.7 Å². The molecule has 0 aliphatic carbocycles. The fourth-order valence-corrected chi connectivity index (χ4v) is 3.95. The molecule has 0 saturated carbocycles. The van der Waals surface area contributed by atoms with Gasteiger partial charge in [-0.05, 0) is 31.9 Å². The summed E-state index contributed by atoms with van der Waals surface area (Å²) >= 11 is 0. The molecule has 1 atom stereocenters. The van der Waals surface area contributed by atoms with Crippen LogP contribution in [0.15, 0.2) is 30.3 Å². The van der Waals surface area contributed by atoms with Gasteiger partial charge in [-0.2, -0.15) is 13.2 Å². The second kappa shape index (κ2) is 10.7. The Labute approximate surface area is 184 Å². The number of amides is 2. The average Bonchev–Trinajstić information content (AvgIpc) is 3.05. The summed E-state index contributed by atoms with van der Waals surface area (Å²) < 4.78 is 31.7. The van der Waals surface area contributed by atoms with Crippen molar-refractivity contribution in [2.75, 3.05) is 31.2 Å². The lowest BCUT2D eigenvalue weighted by Crippen LogP contribution is -2.57. The molecule has 3 rings (SSSR count). The van der Waals surface area contributed by atoms with Crippen LogP contribution in [0.4, 0.5) is 18.9 Å². The highest BCUT2D eigenvalue weighted by atomic mass is 19.4. The largest absolute Gasteiger partial charge is 0.490 e. The number of carbonyl (C=O) groups is 3. The number of nitrogens with one attached hydrogen (secondary N) is 2. The molecule has 2 aliphatic heterocycles. The topological polar surface area (TPSA) is 102 Å². The second-order valence-electron chi connectivity index (χ2n) is 7.88. The van der Waals surface area contributed by atoms with Crippen LogP contribution in [0.3, 0.4) is 0 Å². The van der Waals surface area contributed by atoms with E-state index in [4.69, 9.17) is 9.90 Å². The van der Waals surface area contributed by atoms with Crippen molar-refractivity contribution in [3.63, 3.8) is 0 Å². The molecule has 2 amide bonds. The number of nitrogens with zero attached hydrogens (tertiary/aromatic N) is 2. The van der Waals surface area contributed by atoms with Crippen LogP contribution >= 0.6 is 0 Å². The number of carboxylic acid groups (broad SMARTS) is 1. The van der Waals surface area contributed by atoms with Gasteiger partial charge >= 0.3 is 12.1 Å². The number of alkyl halides is 3. The Bertz CT molecular complexity index is 796. The van der Waals surface area contributed by atoms with Crippen LogP contribution in [0, 0.1) is 0 Å². The van der Waals surface area contributed by atoms with Crippen molar-refractivity contribution >= 4 is 23.5 Å². The maximum absolute atomic E-state index is 12.6. The molecule has 3 N–H and O–H groups in total. The van der Waals surface area contributed by atoms with E-state index in [-0.39, 0.29) is 17.9 Å². The molecule has 2 fully saturated rings. The summed E-state index contributed by atoms with van der Waals surface area (Å²) in [5.74, 6) is -2.53. The van der Waals surface area contributed by atoms with E-state index in [1.54, 1.807) is 0 Å². The van der Waals surface area contributed by atoms with Gasteiger partial charge in [-0.25, -0.2) is 4.79 Å². The van der Waals surface area contributed by atoms with E-state index in [0.717, 1.165) is 38.2 Å². The zero-order valence-electron chi connectivity index (χ0n) is 18.1. The number of anilines is 1. The van der Waals surface area contributed by atoms with Crippen LogP contribution in [0.5, 0.6) is 0 Å². The SMILES string of the molecule is CCC(=O)N[C@@H](C)CN1CCC2(CC1)C(=O)NCN2c1ccccc1.O=C(O)C(F)(F)F. The quantitative estimate of drug-likeness (QED) is 0.624. The molecular weight excluding hydrogens is 429 g/mol. The number of hydrogen-bond acceptors (Lipinski definition) is 5. The molecule has 11 heteroatoms. The molecule has 1 aromatic carbocycles. The van der Waals surface area contributed by atoms with Crippen LogP contribution < -0.4 is 15.5 Å². The van der Waals surface area contributed by atoms with Crippen LogP contribution in [0.1, 0.15) is 33.1 Å². The number of benzene rings is 1. The van der Waals surface area contributed by atoms with E-state index < -0.39 is 17.7 Å². The zero-order chi connectivity index (χ0) is 23.9. The Balaban J connectivity index is 0.000000451. The normalized spacial score (nSPS) is 19.0. The van der Waals surface area contributed by atoms with Crippen molar-refractivity contribution in [1.29, 1.82) is 0 Å². The Morgan fingerprint density at radius 2 is 1.78 bits per heavy atom. The molecule has 2 aliphatic rings. The first-order valence-electron chi connectivity index (χ1n) is 10.4. The van der Waals surface area contributed by atoms with E-state index in [0.29, 0.717) is 13.1 Å². The molecule has 2 saturated heterocycles. The number of aliphatic carboxylic acids is 1. The summed E-state index contributed by atoms with van der Waals surface area (Å²) in [6.45, 7) is 7.03. The predicted molar refractivity (Wildman–Crippen MR) is 112 cm³/mol. The molecule has 0 unspecified atom stereocenters. The minimum Gasteiger partial charge on any atom is -0.475 e. The number of likely N-dealkylation sites (tertiary alicyclic amines) is 1. The predicted octanol–water partition coefficient (Wildman–Crippen LogP) is 1.96. The summed E-state index contributed by atoms with van der Waals surface area (Å²) in [4.78, 5) is 37.6. The first-order chi connectivity index (χ1) is 15.0. The van der Waals surface area contributed by atoms with Gasteiger partial charge in [-0.3, -0.25) is 9.59 Å². The number of rotatable bonds is 5. The summed E-state index contributed by atoms with van der Waals surface area (Å²) in [5.41, 5.74) is 0.659. The number of carbonyl (C=O) groups excluding carboxylic acids is 2. The molecule has 0 bridgehead atoms. The number of hydrogen-bond donors (Lipinski definition) is 3. The molecule has 0 aromatic heterocycles. The van der Waals surface area contributed by atoms with Crippen LogP contribution in [0.2, 0.25) is 0 Å². The Hall–Kier alpha value is -2.82. The summed E-state index contributed by atoms with van der Waals surface area (Å²) in [7, 11) is 0. The van der Waals surface area contributed by atoms with E-state index in [1.165, 1.54) is 0 Å². The Kier molecular flexibility index (Phi) is 8.48. The molecule has 1 aromatic rings. The first-order valence-corrected chi connectivity index (χ1v) is 10.4. The highest BCUT2D eigenvalue weighted by molar-refractivity contribution is 5.93. The van der Waals surface area contributed by atoms with Gasteiger partial charge in [-0.15, -0.1) is 0 Å². The lowest BCUT2D eigenvalue weighted by atomic mass is 9.85. The Morgan fingerprint density at radius 3 is 2.28 bits per heavy atom. The highest BCUT2D eigenvalue weighted by Gasteiger charge is 2.50. The van der Waals surface area contributed by atoms with Crippen molar-refractivity contribution in [2.45, 2.75) is 50.9 Å². The van der Waals surface area contributed by atoms with Gasteiger partial charge < -0.3 is 25.5 Å². The third-order valence-electron chi connectivity index (χ3n) is 5.59. The highest BCUT2D eigenvalue weighted by Crippen LogP contribution is 2.36. The van der Waals surface area contributed by atoms with Gasteiger partial charge in [0.2, 0.25) is 11.8 Å². The van der Waals surface area contributed by atoms with Crippen LogP contribution in [-0.4, -0.2) is 71.9 Å². The maximum atomic E-state index is 12.6. The molecular formula is C21H29F3N4O4. The molecule has 0 radical (unpaired) electrons. The summed E-state index contributed by atoms with van der Waals surface area (Å²) in [6.07, 6.45) is -2.95. The van der Waals surface area contributed by atoms with Gasteiger partial charge in [0.1, 0.15) is 5.54 Å². The molecule has 32 heavy (non-hydrogen) atoms. The molecule has 178 valence electrons. The van der Waals surface area contributed by atoms with Crippen molar-refractivity contribution in [1.82, 2.24) is 15.5 Å².